The fourth-order valence-electron chi connectivity index (χ4n) is 2.38. The van der Waals surface area contributed by atoms with Crippen LogP contribution >= 0.6 is 0 Å². The van der Waals surface area contributed by atoms with Crippen LogP contribution in [0.4, 0.5) is 0 Å². The molecular weight excluding hydrogens is 276 g/mol. The summed E-state index contributed by atoms with van der Waals surface area (Å²) in [5.41, 5.74) is 3.79. The lowest BCUT2D eigenvalue weighted by Gasteiger charge is -2.13. The minimum absolute atomic E-state index is 0.0268. The lowest BCUT2D eigenvalue weighted by atomic mass is 9.99. The molecule has 0 spiro atoms. The number of carbonyl (C=O) groups is 1. The highest BCUT2D eigenvalue weighted by Gasteiger charge is 2.19. The maximum atomic E-state index is 12.5. The molecule has 0 aliphatic heterocycles. The highest BCUT2D eigenvalue weighted by Crippen LogP contribution is 2.34. The number of hydrogen-bond donors (Lipinski definition) is 1. The molecule has 2 rings (SSSR count). The number of ether oxygens (including phenoxy) is 1. The molecule has 0 fully saturated rings. The van der Waals surface area contributed by atoms with E-state index >= 15 is 0 Å². The van der Waals surface area contributed by atoms with Gasteiger partial charge in [0.1, 0.15) is 17.1 Å². The lowest BCUT2D eigenvalue weighted by molar-refractivity contribution is 0.104. The molecule has 1 N–H and O–H groups in total. The Hall–Kier alpha value is -2.55. The molecule has 2 aromatic rings. The third kappa shape index (κ3) is 3.19. The second-order valence-corrected chi connectivity index (χ2v) is 5.38. The van der Waals surface area contributed by atoms with Crippen LogP contribution in [0.25, 0.3) is 6.08 Å². The molecule has 0 amide bonds. The van der Waals surface area contributed by atoms with Gasteiger partial charge in [0, 0.05) is 0 Å². The summed E-state index contributed by atoms with van der Waals surface area (Å²) in [6, 6.07) is 9.65. The number of aromatic hydroxyl groups is 1. The van der Waals surface area contributed by atoms with Crippen LogP contribution < -0.4 is 4.74 Å². The van der Waals surface area contributed by atoms with E-state index in [1.807, 2.05) is 38.1 Å². The van der Waals surface area contributed by atoms with E-state index in [0.29, 0.717) is 11.3 Å². The largest absolute Gasteiger partial charge is 0.507 e. The highest BCUT2D eigenvalue weighted by atomic mass is 16.5. The zero-order chi connectivity index (χ0) is 16.3. The van der Waals surface area contributed by atoms with E-state index in [0.717, 1.165) is 16.7 Å². The molecule has 0 aliphatic rings. The fourth-order valence-corrected chi connectivity index (χ4v) is 2.38. The molecule has 3 heteroatoms. The number of phenolic OH excluding ortho intramolecular Hbond substituents is 1. The van der Waals surface area contributed by atoms with Gasteiger partial charge in [-0.1, -0.05) is 35.9 Å². The van der Waals surface area contributed by atoms with Crippen molar-refractivity contribution in [3.8, 4) is 11.5 Å². The van der Waals surface area contributed by atoms with Crippen LogP contribution in [0.1, 0.15) is 32.6 Å². The van der Waals surface area contributed by atoms with Gasteiger partial charge in [-0.05, 0) is 49.6 Å². The molecule has 0 heterocycles. The normalized spacial score (nSPS) is 10.9. The Kier molecular flexibility index (Phi) is 4.66. The quantitative estimate of drug-likeness (QED) is 0.678. The summed E-state index contributed by atoms with van der Waals surface area (Å²) in [5.74, 6) is 0.115. The van der Waals surface area contributed by atoms with Gasteiger partial charge in [-0.2, -0.15) is 0 Å². The molecule has 0 saturated carbocycles. The second-order valence-electron chi connectivity index (χ2n) is 5.38. The third-order valence-corrected chi connectivity index (χ3v) is 3.58. The summed E-state index contributed by atoms with van der Waals surface area (Å²) in [5, 5.41) is 10.2. The van der Waals surface area contributed by atoms with Crippen molar-refractivity contribution in [2.45, 2.75) is 20.8 Å². The van der Waals surface area contributed by atoms with Crippen LogP contribution in [0, 0.1) is 20.8 Å². The molecule has 0 unspecified atom stereocenters. The Morgan fingerprint density at radius 2 is 1.73 bits per heavy atom. The zero-order valence-electron chi connectivity index (χ0n) is 13.3. The Bertz CT molecular complexity index is 725. The number of ketones is 1. The average molecular weight is 296 g/mol. The lowest BCUT2D eigenvalue weighted by Crippen LogP contribution is -2.03. The first-order valence-electron chi connectivity index (χ1n) is 7.10. The summed E-state index contributed by atoms with van der Waals surface area (Å²) in [4.78, 5) is 12.5. The summed E-state index contributed by atoms with van der Waals surface area (Å²) in [7, 11) is 1.50. The van der Waals surface area contributed by atoms with E-state index in [1.54, 1.807) is 19.1 Å². The topological polar surface area (TPSA) is 46.5 Å². The number of benzene rings is 2. The monoisotopic (exact) mass is 296 g/mol. The summed E-state index contributed by atoms with van der Waals surface area (Å²) in [6.07, 6.45) is 3.19. The van der Waals surface area contributed by atoms with E-state index in [-0.39, 0.29) is 17.1 Å². The van der Waals surface area contributed by atoms with Crippen molar-refractivity contribution in [3.63, 3.8) is 0 Å². The van der Waals surface area contributed by atoms with Crippen molar-refractivity contribution >= 4 is 11.9 Å². The molecular formula is C19H20O3. The van der Waals surface area contributed by atoms with Crippen molar-refractivity contribution in [3.05, 3.63) is 64.2 Å². The van der Waals surface area contributed by atoms with Crippen LogP contribution in [0.5, 0.6) is 11.5 Å². The highest BCUT2D eigenvalue weighted by molar-refractivity contribution is 6.11. The number of carbonyl (C=O) groups excluding carboxylic acids is 1. The smallest absolute Gasteiger partial charge is 0.193 e. The number of hydrogen-bond acceptors (Lipinski definition) is 3. The van der Waals surface area contributed by atoms with Crippen LogP contribution in [0.2, 0.25) is 0 Å². The Morgan fingerprint density at radius 3 is 2.32 bits per heavy atom. The van der Waals surface area contributed by atoms with Crippen LogP contribution in [0.3, 0.4) is 0 Å². The summed E-state index contributed by atoms with van der Waals surface area (Å²) >= 11 is 0. The van der Waals surface area contributed by atoms with Gasteiger partial charge < -0.3 is 9.84 Å². The standard InChI is InChI=1S/C19H20O3/c1-12-5-7-15(8-6-12)9-10-16(20)17-18(21)13(2)11-14(3)19(17)22-4/h5-11,21H,1-4H3/b10-9+. The fraction of sp³-hybridized carbons (Fsp3) is 0.211. The number of rotatable bonds is 4. The molecule has 0 atom stereocenters. The van der Waals surface area contributed by atoms with Gasteiger partial charge in [-0.25, -0.2) is 0 Å². The molecule has 0 aromatic heterocycles. The molecule has 0 radical (unpaired) electrons. The van der Waals surface area contributed by atoms with Gasteiger partial charge in [0.05, 0.1) is 7.11 Å². The molecule has 2 aromatic carbocycles. The Morgan fingerprint density at radius 1 is 1.09 bits per heavy atom. The molecule has 22 heavy (non-hydrogen) atoms. The van der Waals surface area contributed by atoms with Crippen LogP contribution in [-0.2, 0) is 0 Å². The van der Waals surface area contributed by atoms with Gasteiger partial charge in [-0.3, -0.25) is 4.79 Å². The van der Waals surface area contributed by atoms with Crippen molar-refractivity contribution < 1.29 is 14.6 Å². The molecule has 114 valence electrons. The van der Waals surface area contributed by atoms with E-state index < -0.39 is 0 Å². The number of phenols is 1. The maximum Gasteiger partial charge on any atom is 0.193 e. The van der Waals surface area contributed by atoms with Crippen molar-refractivity contribution in [2.24, 2.45) is 0 Å². The van der Waals surface area contributed by atoms with Gasteiger partial charge >= 0.3 is 0 Å². The average Bonchev–Trinajstić information content (AvgIpc) is 2.49. The van der Waals surface area contributed by atoms with E-state index in [2.05, 4.69) is 0 Å². The second kappa shape index (κ2) is 6.48. The van der Waals surface area contributed by atoms with E-state index in [1.165, 1.54) is 13.2 Å². The third-order valence-electron chi connectivity index (χ3n) is 3.58. The predicted molar refractivity (Wildman–Crippen MR) is 88.7 cm³/mol. The predicted octanol–water partition coefficient (Wildman–Crippen LogP) is 4.22. The van der Waals surface area contributed by atoms with Gasteiger partial charge in [-0.15, -0.1) is 0 Å². The first-order valence-corrected chi connectivity index (χ1v) is 7.10. The van der Waals surface area contributed by atoms with Crippen LogP contribution in [-0.4, -0.2) is 18.0 Å². The SMILES string of the molecule is COc1c(C)cc(C)c(O)c1C(=O)/C=C/c1ccc(C)cc1. The summed E-state index contributed by atoms with van der Waals surface area (Å²) < 4.78 is 5.29. The van der Waals surface area contributed by atoms with Gasteiger partial charge in [0.15, 0.2) is 5.78 Å². The maximum absolute atomic E-state index is 12.5. The van der Waals surface area contributed by atoms with Crippen LogP contribution in [0.15, 0.2) is 36.4 Å². The summed E-state index contributed by atoms with van der Waals surface area (Å²) in [6.45, 7) is 5.63. The molecule has 3 nitrogen and oxygen atoms in total. The van der Waals surface area contributed by atoms with Crippen molar-refractivity contribution in [1.29, 1.82) is 0 Å². The number of allylic oxidation sites excluding steroid dienone is 1. The molecule has 0 saturated heterocycles. The first-order chi connectivity index (χ1) is 10.4. The Labute approximate surface area is 130 Å². The van der Waals surface area contributed by atoms with Gasteiger partial charge in [0.25, 0.3) is 0 Å². The van der Waals surface area contributed by atoms with E-state index in [9.17, 15) is 9.90 Å². The minimum Gasteiger partial charge on any atom is -0.507 e. The number of aryl methyl sites for hydroxylation is 3. The van der Waals surface area contributed by atoms with Gasteiger partial charge in [0.2, 0.25) is 0 Å². The number of methoxy groups -OCH3 is 1. The minimum atomic E-state index is -0.276. The molecule has 0 bridgehead atoms. The first kappa shape index (κ1) is 15.8. The Balaban J connectivity index is 2.39. The van der Waals surface area contributed by atoms with Crippen molar-refractivity contribution in [2.75, 3.05) is 7.11 Å². The van der Waals surface area contributed by atoms with Crippen molar-refractivity contribution in [1.82, 2.24) is 0 Å². The molecule has 0 aliphatic carbocycles. The zero-order valence-corrected chi connectivity index (χ0v) is 13.3. The van der Waals surface area contributed by atoms with E-state index in [4.69, 9.17) is 4.74 Å².